The SMILES string of the molecule is N[C@H]1CCCN([C@H]2CCc3ccccc3[C@@H]2Oc2cccc(OC(F)F)c2)C1. The van der Waals surface area contributed by atoms with Gasteiger partial charge in [0.15, 0.2) is 0 Å². The van der Waals surface area contributed by atoms with Crippen molar-refractivity contribution >= 4 is 0 Å². The van der Waals surface area contributed by atoms with Gasteiger partial charge < -0.3 is 15.2 Å². The second-order valence-corrected chi connectivity index (χ2v) is 7.59. The molecular weight excluding hydrogens is 362 g/mol. The number of halogens is 2. The summed E-state index contributed by atoms with van der Waals surface area (Å²) >= 11 is 0. The molecule has 1 aliphatic carbocycles. The number of hydrogen-bond donors (Lipinski definition) is 1. The van der Waals surface area contributed by atoms with E-state index in [1.165, 1.54) is 17.7 Å². The fourth-order valence-corrected chi connectivity index (χ4v) is 4.43. The molecule has 0 unspecified atom stereocenters. The van der Waals surface area contributed by atoms with Crippen molar-refractivity contribution in [2.45, 2.75) is 50.5 Å². The van der Waals surface area contributed by atoms with Gasteiger partial charge in [0.05, 0.1) is 6.04 Å². The smallest absolute Gasteiger partial charge is 0.387 e. The monoisotopic (exact) mass is 388 g/mol. The molecule has 150 valence electrons. The van der Waals surface area contributed by atoms with Gasteiger partial charge in [0, 0.05) is 18.7 Å². The van der Waals surface area contributed by atoms with Crippen molar-refractivity contribution in [1.29, 1.82) is 0 Å². The zero-order chi connectivity index (χ0) is 19.5. The van der Waals surface area contributed by atoms with E-state index in [1.807, 2.05) is 12.1 Å². The van der Waals surface area contributed by atoms with Crippen LogP contribution in [0.1, 0.15) is 36.5 Å². The maximum Gasteiger partial charge on any atom is 0.387 e. The lowest BCUT2D eigenvalue weighted by Crippen LogP contribution is -2.51. The first kappa shape index (κ1) is 19.2. The van der Waals surface area contributed by atoms with Gasteiger partial charge in [-0.2, -0.15) is 8.78 Å². The summed E-state index contributed by atoms with van der Waals surface area (Å²) in [5, 5.41) is 0. The van der Waals surface area contributed by atoms with Gasteiger partial charge in [0.2, 0.25) is 0 Å². The first-order valence-corrected chi connectivity index (χ1v) is 9.89. The third kappa shape index (κ3) is 4.28. The Morgan fingerprint density at radius 2 is 1.86 bits per heavy atom. The summed E-state index contributed by atoms with van der Waals surface area (Å²) in [5.41, 5.74) is 8.67. The average molecular weight is 388 g/mol. The fourth-order valence-electron chi connectivity index (χ4n) is 4.43. The molecule has 6 heteroatoms. The number of ether oxygens (including phenoxy) is 2. The van der Waals surface area contributed by atoms with E-state index in [0.29, 0.717) is 5.75 Å². The minimum atomic E-state index is -2.85. The molecule has 0 bridgehead atoms. The van der Waals surface area contributed by atoms with Crippen LogP contribution in [-0.2, 0) is 6.42 Å². The number of piperidine rings is 1. The molecule has 4 nitrogen and oxygen atoms in total. The van der Waals surface area contributed by atoms with Gasteiger partial charge >= 0.3 is 6.61 Å². The Hall–Kier alpha value is -2.18. The molecular formula is C22H26F2N2O2. The highest BCUT2D eigenvalue weighted by Gasteiger charge is 2.36. The summed E-state index contributed by atoms with van der Waals surface area (Å²) in [7, 11) is 0. The highest BCUT2D eigenvalue weighted by Crippen LogP contribution is 2.38. The van der Waals surface area contributed by atoms with Crippen LogP contribution in [0, 0.1) is 0 Å². The van der Waals surface area contributed by atoms with Gasteiger partial charge in [-0.25, -0.2) is 0 Å². The van der Waals surface area contributed by atoms with Gasteiger partial charge in [-0.3, -0.25) is 4.90 Å². The van der Waals surface area contributed by atoms with E-state index < -0.39 is 6.61 Å². The molecule has 0 aromatic heterocycles. The highest BCUT2D eigenvalue weighted by molar-refractivity contribution is 5.37. The first-order valence-electron chi connectivity index (χ1n) is 9.89. The van der Waals surface area contributed by atoms with Gasteiger partial charge in [-0.15, -0.1) is 0 Å². The van der Waals surface area contributed by atoms with Gasteiger partial charge in [-0.05, 0) is 55.5 Å². The van der Waals surface area contributed by atoms with Crippen LogP contribution < -0.4 is 15.2 Å². The van der Waals surface area contributed by atoms with Crippen LogP contribution in [0.25, 0.3) is 0 Å². The van der Waals surface area contributed by atoms with Crippen molar-refractivity contribution < 1.29 is 18.3 Å². The largest absolute Gasteiger partial charge is 0.484 e. The highest BCUT2D eigenvalue weighted by atomic mass is 19.3. The third-order valence-corrected chi connectivity index (χ3v) is 5.67. The van der Waals surface area contributed by atoms with Crippen molar-refractivity contribution in [2.75, 3.05) is 13.1 Å². The number of fused-ring (bicyclic) bond motifs is 1. The molecule has 2 aromatic carbocycles. The molecule has 4 rings (SSSR count). The number of benzene rings is 2. The van der Waals surface area contributed by atoms with Crippen molar-refractivity contribution in [2.24, 2.45) is 5.73 Å². The van der Waals surface area contributed by atoms with E-state index in [4.69, 9.17) is 10.5 Å². The normalized spacial score (nSPS) is 25.4. The number of aryl methyl sites for hydroxylation is 1. The van der Waals surface area contributed by atoms with Crippen molar-refractivity contribution in [3.05, 3.63) is 59.7 Å². The maximum atomic E-state index is 12.6. The molecule has 0 spiro atoms. The number of nitrogens with two attached hydrogens (primary N) is 1. The van der Waals surface area contributed by atoms with Crippen molar-refractivity contribution in [3.8, 4) is 11.5 Å². The van der Waals surface area contributed by atoms with Gasteiger partial charge in [0.25, 0.3) is 0 Å². The van der Waals surface area contributed by atoms with E-state index in [-0.39, 0.29) is 23.9 Å². The maximum absolute atomic E-state index is 12.6. The van der Waals surface area contributed by atoms with Crippen molar-refractivity contribution in [1.82, 2.24) is 4.90 Å². The van der Waals surface area contributed by atoms with Crippen LogP contribution in [0.4, 0.5) is 8.78 Å². The molecule has 28 heavy (non-hydrogen) atoms. The van der Waals surface area contributed by atoms with Crippen LogP contribution in [-0.4, -0.2) is 36.7 Å². The number of rotatable bonds is 5. The van der Waals surface area contributed by atoms with Crippen molar-refractivity contribution in [3.63, 3.8) is 0 Å². The molecule has 2 N–H and O–H groups in total. The minimum Gasteiger partial charge on any atom is -0.484 e. The molecule has 1 saturated heterocycles. The lowest BCUT2D eigenvalue weighted by atomic mass is 9.84. The van der Waals surface area contributed by atoms with Crippen LogP contribution >= 0.6 is 0 Å². The Morgan fingerprint density at radius 1 is 1.04 bits per heavy atom. The summed E-state index contributed by atoms with van der Waals surface area (Å²) in [4.78, 5) is 2.44. The molecule has 1 heterocycles. The van der Waals surface area contributed by atoms with Crippen LogP contribution in [0.3, 0.4) is 0 Å². The third-order valence-electron chi connectivity index (χ3n) is 5.67. The van der Waals surface area contributed by atoms with Crippen LogP contribution in [0.15, 0.2) is 48.5 Å². The van der Waals surface area contributed by atoms with Crippen LogP contribution in [0.5, 0.6) is 11.5 Å². The molecule has 2 aliphatic rings. The molecule has 0 radical (unpaired) electrons. The average Bonchev–Trinajstić information content (AvgIpc) is 2.68. The lowest BCUT2D eigenvalue weighted by Gasteiger charge is -2.43. The summed E-state index contributed by atoms with van der Waals surface area (Å²) in [6.07, 6.45) is 3.96. The molecule has 3 atom stereocenters. The molecule has 2 aromatic rings. The summed E-state index contributed by atoms with van der Waals surface area (Å²) in [5.74, 6) is 0.638. The lowest BCUT2D eigenvalue weighted by molar-refractivity contribution is -0.0500. The quantitative estimate of drug-likeness (QED) is 0.836. The Labute approximate surface area is 164 Å². The van der Waals surface area contributed by atoms with E-state index in [0.717, 1.165) is 44.3 Å². The summed E-state index contributed by atoms with van der Waals surface area (Å²) < 4.78 is 36.1. The molecule has 0 amide bonds. The fraction of sp³-hybridized carbons (Fsp3) is 0.455. The summed E-state index contributed by atoms with van der Waals surface area (Å²) in [6, 6.07) is 15.2. The first-order chi connectivity index (χ1) is 13.6. The number of hydrogen-bond acceptors (Lipinski definition) is 4. The van der Waals surface area contributed by atoms with Gasteiger partial charge in [0.1, 0.15) is 17.6 Å². The Morgan fingerprint density at radius 3 is 2.68 bits per heavy atom. The molecule has 1 fully saturated rings. The number of nitrogens with zero attached hydrogens (tertiary/aromatic N) is 1. The minimum absolute atomic E-state index is 0.105. The van der Waals surface area contributed by atoms with E-state index in [1.54, 1.807) is 12.1 Å². The molecule has 0 saturated carbocycles. The van der Waals surface area contributed by atoms with Gasteiger partial charge in [-0.1, -0.05) is 30.3 Å². The second-order valence-electron chi connectivity index (χ2n) is 7.59. The Balaban J connectivity index is 1.62. The topological polar surface area (TPSA) is 47.7 Å². The predicted octanol–water partition coefficient (Wildman–Crippen LogP) is 4.15. The van der Waals surface area contributed by atoms with E-state index in [2.05, 4.69) is 21.8 Å². The zero-order valence-corrected chi connectivity index (χ0v) is 15.8. The Bertz CT molecular complexity index is 802. The zero-order valence-electron chi connectivity index (χ0n) is 15.8. The van der Waals surface area contributed by atoms with E-state index in [9.17, 15) is 8.78 Å². The second kappa shape index (κ2) is 8.45. The number of alkyl halides is 2. The standard InChI is InChI=1S/C22H26F2N2O2/c23-22(24)28-18-8-3-7-17(13-18)27-21-19-9-2-1-5-15(19)10-11-20(21)26-12-4-6-16(25)14-26/h1-3,5,7-9,13,16,20-22H,4,6,10-12,14,25H2/t16-,20-,21-/m0/s1. The number of likely N-dealkylation sites (tertiary alicyclic amines) is 1. The predicted molar refractivity (Wildman–Crippen MR) is 104 cm³/mol. The summed E-state index contributed by atoms with van der Waals surface area (Å²) in [6.45, 7) is -0.982. The molecule has 1 aliphatic heterocycles. The van der Waals surface area contributed by atoms with Crippen LogP contribution in [0.2, 0.25) is 0 Å². The Kier molecular flexibility index (Phi) is 5.78. The van der Waals surface area contributed by atoms with E-state index >= 15 is 0 Å².